The number of likely N-dealkylation sites (N-methyl/N-ethyl adjacent to an activating group) is 1. The van der Waals surface area contributed by atoms with Crippen molar-refractivity contribution in [3.63, 3.8) is 0 Å². The van der Waals surface area contributed by atoms with Crippen LogP contribution in [0.15, 0.2) is 36.4 Å². The van der Waals surface area contributed by atoms with E-state index < -0.39 is 0 Å². The van der Waals surface area contributed by atoms with Gasteiger partial charge in [-0.1, -0.05) is 12.2 Å². The van der Waals surface area contributed by atoms with Crippen LogP contribution in [0.3, 0.4) is 0 Å². The molecule has 0 atom stereocenters. The molecule has 0 saturated carbocycles. The summed E-state index contributed by atoms with van der Waals surface area (Å²) in [7, 11) is 3.56. The van der Waals surface area contributed by atoms with E-state index in [1.807, 2.05) is 43.5 Å². The molecule has 0 aliphatic heterocycles. The Morgan fingerprint density at radius 2 is 1.80 bits per heavy atom. The Morgan fingerprint density at radius 3 is 2.40 bits per heavy atom. The molecule has 0 fully saturated rings. The molecule has 1 N–H and O–H groups in total. The molecule has 0 bridgehead atoms. The zero-order valence-corrected chi connectivity index (χ0v) is 9.19. The second kappa shape index (κ2) is 6.90. The molecule has 0 aliphatic rings. The van der Waals surface area contributed by atoms with Gasteiger partial charge in [0, 0.05) is 6.54 Å². The summed E-state index contributed by atoms with van der Waals surface area (Å²) in [6.07, 6.45) is 4.02. The van der Waals surface area contributed by atoms with Gasteiger partial charge < -0.3 is 14.8 Å². The molecule has 0 amide bonds. The van der Waals surface area contributed by atoms with Crippen LogP contribution in [0.5, 0.6) is 11.5 Å². The highest BCUT2D eigenvalue weighted by Gasteiger charge is 1.92. The molecule has 1 rings (SSSR count). The van der Waals surface area contributed by atoms with Crippen LogP contribution >= 0.6 is 0 Å². The zero-order valence-electron chi connectivity index (χ0n) is 9.19. The van der Waals surface area contributed by atoms with Gasteiger partial charge in [0.05, 0.1) is 7.11 Å². The number of ether oxygens (including phenoxy) is 2. The Kier molecular flexibility index (Phi) is 5.33. The fourth-order valence-corrected chi connectivity index (χ4v) is 1.09. The molecule has 1 aromatic rings. The first-order chi connectivity index (χ1) is 7.36. The van der Waals surface area contributed by atoms with E-state index in [0.717, 1.165) is 18.0 Å². The van der Waals surface area contributed by atoms with E-state index in [1.54, 1.807) is 7.11 Å². The molecular formula is C12H17NO2. The van der Waals surface area contributed by atoms with Gasteiger partial charge >= 0.3 is 0 Å². The monoisotopic (exact) mass is 207 g/mol. The molecule has 0 heterocycles. The lowest BCUT2D eigenvalue weighted by Crippen LogP contribution is -2.04. The third kappa shape index (κ3) is 4.51. The molecular weight excluding hydrogens is 190 g/mol. The maximum Gasteiger partial charge on any atom is 0.120 e. The predicted molar refractivity (Wildman–Crippen MR) is 61.6 cm³/mol. The van der Waals surface area contributed by atoms with Crippen molar-refractivity contribution in [1.29, 1.82) is 0 Å². The molecule has 1 aromatic carbocycles. The van der Waals surface area contributed by atoms with Crippen molar-refractivity contribution >= 4 is 0 Å². The molecule has 0 aromatic heterocycles. The van der Waals surface area contributed by atoms with Gasteiger partial charge in [-0.25, -0.2) is 0 Å². The van der Waals surface area contributed by atoms with E-state index in [9.17, 15) is 0 Å². The normalized spacial score (nSPS) is 10.5. The van der Waals surface area contributed by atoms with E-state index in [1.165, 1.54) is 0 Å². The summed E-state index contributed by atoms with van der Waals surface area (Å²) in [4.78, 5) is 0. The summed E-state index contributed by atoms with van der Waals surface area (Å²) in [6, 6.07) is 7.55. The third-order valence-electron chi connectivity index (χ3n) is 1.89. The SMILES string of the molecule is CNC/C=C/COc1ccc(OC)cc1. The largest absolute Gasteiger partial charge is 0.497 e. The number of hydrogen-bond acceptors (Lipinski definition) is 3. The number of rotatable bonds is 6. The van der Waals surface area contributed by atoms with Gasteiger partial charge in [0.1, 0.15) is 18.1 Å². The molecule has 0 spiro atoms. The summed E-state index contributed by atoms with van der Waals surface area (Å²) in [6.45, 7) is 1.46. The molecule has 0 saturated heterocycles. The lowest BCUT2D eigenvalue weighted by molar-refractivity contribution is 0.360. The highest BCUT2D eigenvalue weighted by molar-refractivity contribution is 5.31. The summed E-state index contributed by atoms with van der Waals surface area (Å²) >= 11 is 0. The van der Waals surface area contributed by atoms with Crippen molar-refractivity contribution in [2.45, 2.75) is 0 Å². The van der Waals surface area contributed by atoms with Gasteiger partial charge in [0.15, 0.2) is 0 Å². The van der Waals surface area contributed by atoms with E-state index >= 15 is 0 Å². The average molecular weight is 207 g/mol. The van der Waals surface area contributed by atoms with Crippen LogP contribution in [0, 0.1) is 0 Å². The Morgan fingerprint density at radius 1 is 1.13 bits per heavy atom. The highest BCUT2D eigenvalue weighted by Crippen LogP contribution is 2.16. The third-order valence-corrected chi connectivity index (χ3v) is 1.89. The van der Waals surface area contributed by atoms with E-state index in [4.69, 9.17) is 9.47 Å². The summed E-state index contributed by atoms with van der Waals surface area (Å²) in [5.74, 6) is 1.69. The van der Waals surface area contributed by atoms with Gasteiger partial charge in [-0.05, 0) is 31.3 Å². The van der Waals surface area contributed by atoms with E-state index in [0.29, 0.717) is 6.61 Å². The first kappa shape index (κ1) is 11.6. The molecule has 0 radical (unpaired) electrons. The average Bonchev–Trinajstić information content (AvgIpc) is 2.30. The quantitative estimate of drug-likeness (QED) is 0.722. The highest BCUT2D eigenvalue weighted by atomic mass is 16.5. The van der Waals surface area contributed by atoms with Crippen molar-refractivity contribution in [2.75, 3.05) is 27.3 Å². The maximum atomic E-state index is 5.48. The minimum atomic E-state index is 0.591. The second-order valence-corrected chi connectivity index (χ2v) is 3.02. The fourth-order valence-electron chi connectivity index (χ4n) is 1.09. The van der Waals surface area contributed by atoms with Crippen LogP contribution in [0.4, 0.5) is 0 Å². The van der Waals surface area contributed by atoms with Crippen LogP contribution in [0.25, 0.3) is 0 Å². The zero-order chi connectivity index (χ0) is 10.9. The van der Waals surface area contributed by atoms with Crippen LogP contribution in [-0.4, -0.2) is 27.3 Å². The van der Waals surface area contributed by atoms with Crippen molar-refractivity contribution in [2.24, 2.45) is 0 Å². The number of nitrogens with one attached hydrogen (secondary N) is 1. The Balaban J connectivity index is 2.31. The van der Waals surface area contributed by atoms with Crippen molar-refractivity contribution in [1.82, 2.24) is 5.32 Å². The summed E-state index contributed by atoms with van der Waals surface area (Å²) < 4.78 is 10.5. The molecule has 0 unspecified atom stereocenters. The Bertz CT molecular complexity index is 293. The van der Waals surface area contributed by atoms with Crippen LogP contribution in [-0.2, 0) is 0 Å². The van der Waals surface area contributed by atoms with Gasteiger partial charge in [0.2, 0.25) is 0 Å². The summed E-state index contributed by atoms with van der Waals surface area (Å²) in [5.41, 5.74) is 0. The minimum Gasteiger partial charge on any atom is -0.497 e. The molecule has 3 heteroatoms. The summed E-state index contributed by atoms with van der Waals surface area (Å²) in [5, 5.41) is 3.02. The smallest absolute Gasteiger partial charge is 0.120 e. The van der Waals surface area contributed by atoms with Gasteiger partial charge in [-0.15, -0.1) is 0 Å². The number of hydrogen-bond donors (Lipinski definition) is 1. The van der Waals surface area contributed by atoms with Crippen LogP contribution in [0.2, 0.25) is 0 Å². The molecule has 0 aliphatic carbocycles. The van der Waals surface area contributed by atoms with Crippen molar-refractivity contribution in [3.8, 4) is 11.5 Å². The fraction of sp³-hybridized carbons (Fsp3) is 0.333. The van der Waals surface area contributed by atoms with Crippen LogP contribution in [0.1, 0.15) is 0 Å². The van der Waals surface area contributed by atoms with Crippen LogP contribution < -0.4 is 14.8 Å². The van der Waals surface area contributed by atoms with Gasteiger partial charge in [0.25, 0.3) is 0 Å². The predicted octanol–water partition coefficient (Wildman–Crippen LogP) is 1.85. The first-order valence-electron chi connectivity index (χ1n) is 4.93. The maximum absolute atomic E-state index is 5.48. The number of methoxy groups -OCH3 is 1. The molecule has 3 nitrogen and oxygen atoms in total. The molecule has 15 heavy (non-hydrogen) atoms. The Hall–Kier alpha value is -1.48. The lowest BCUT2D eigenvalue weighted by Gasteiger charge is -2.04. The van der Waals surface area contributed by atoms with Gasteiger partial charge in [-0.3, -0.25) is 0 Å². The van der Waals surface area contributed by atoms with E-state index in [2.05, 4.69) is 5.32 Å². The van der Waals surface area contributed by atoms with E-state index in [-0.39, 0.29) is 0 Å². The topological polar surface area (TPSA) is 30.5 Å². The lowest BCUT2D eigenvalue weighted by atomic mass is 10.3. The standard InChI is InChI=1S/C12H17NO2/c1-13-9-3-4-10-15-12-7-5-11(14-2)6-8-12/h3-8,13H,9-10H2,1-2H3/b4-3+. The van der Waals surface area contributed by atoms with Crippen molar-refractivity contribution in [3.05, 3.63) is 36.4 Å². The second-order valence-electron chi connectivity index (χ2n) is 3.02. The minimum absolute atomic E-state index is 0.591. The molecule has 82 valence electrons. The Labute approximate surface area is 90.7 Å². The first-order valence-corrected chi connectivity index (χ1v) is 4.93. The number of benzene rings is 1. The van der Waals surface area contributed by atoms with Gasteiger partial charge in [-0.2, -0.15) is 0 Å². The van der Waals surface area contributed by atoms with Crippen molar-refractivity contribution < 1.29 is 9.47 Å².